The predicted octanol–water partition coefficient (Wildman–Crippen LogP) is 4.00. The van der Waals surface area contributed by atoms with Crippen LogP contribution in [0.4, 0.5) is 0 Å². The van der Waals surface area contributed by atoms with Crippen molar-refractivity contribution >= 4 is 21.4 Å². The summed E-state index contributed by atoms with van der Waals surface area (Å²) in [6.45, 7) is 0.326. The Hall–Kier alpha value is -1.99. The Balaban J connectivity index is 1.74. The molecule has 0 fully saturated rings. The van der Waals surface area contributed by atoms with Crippen LogP contribution in [-0.4, -0.2) is 34.0 Å². The molecular formula is C20H22N2O2S2. The second-order valence-electron chi connectivity index (χ2n) is 6.28. The van der Waals surface area contributed by atoms with Gasteiger partial charge in [0.25, 0.3) is 0 Å². The lowest BCUT2D eigenvalue weighted by Gasteiger charge is -2.24. The molecule has 0 saturated heterocycles. The summed E-state index contributed by atoms with van der Waals surface area (Å²) in [5.41, 5.74) is 3.17. The standard InChI is InChI=1S/C20H22N2O2S2/c1-22(2)20(18-12-13-25-15-18)14-21-26(23,24)19-10-8-17(9-11-19)16-6-4-3-5-7-16/h3-13,15,20-21H,14H2,1-2H3. The summed E-state index contributed by atoms with van der Waals surface area (Å²) < 4.78 is 28.0. The molecular weight excluding hydrogens is 364 g/mol. The average Bonchev–Trinajstić information content (AvgIpc) is 3.17. The van der Waals surface area contributed by atoms with Crippen molar-refractivity contribution in [3.8, 4) is 11.1 Å². The van der Waals surface area contributed by atoms with Gasteiger partial charge in [0.15, 0.2) is 0 Å². The number of thiophene rings is 1. The third-order valence-corrected chi connectivity index (χ3v) is 6.43. The van der Waals surface area contributed by atoms with E-state index in [1.54, 1.807) is 23.5 Å². The monoisotopic (exact) mass is 386 g/mol. The molecule has 136 valence electrons. The summed E-state index contributed by atoms with van der Waals surface area (Å²) in [6, 6.07) is 18.9. The van der Waals surface area contributed by atoms with E-state index in [0.717, 1.165) is 16.7 Å². The van der Waals surface area contributed by atoms with Crippen molar-refractivity contribution in [2.45, 2.75) is 10.9 Å². The van der Waals surface area contributed by atoms with Crippen molar-refractivity contribution in [3.05, 3.63) is 77.0 Å². The maximum atomic E-state index is 12.6. The molecule has 6 heteroatoms. The van der Waals surface area contributed by atoms with Gasteiger partial charge in [-0.2, -0.15) is 11.3 Å². The Morgan fingerprint density at radius 2 is 1.62 bits per heavy atom. The van der Waals surface area contributed by atoms with E-state index in [9.17, 15) is 8.42 Å². The van der Waals surface area contributed by atoms with Gasteiger partial charge >= 0.3 is 0 Å². The smallest absolute Gasteiger partial charge is 0.240 e. The minimum Gasteiger partial charge on any atom is -0.301 e. The fourth-order valence-corrected chi connectivity index (χ4v) is 4.54. The number of nitrogens with one attached hydrogen (secondary N) is 1. The van der Waals surface area contributed by atoms with Gasteiger partial charge in [-0.05, 0) is 59.7 Å². The third-order valence-electron chi connectivity index (χ3n) is 4.29. The first-order valence-electron chi connectivity index (χ1n) is 8.31. The highest BCUT2D eigenvalue weighted by Crippen LogP contribution is 2.23. The van der Waals surface area contributed by atoms with Crippen LogP contribution in [-0.2, 0) is 10.0 Å². The van der Waals surface area contributed by atoms with Crippen LogP contribution >= 0.6 is 11.3 Å². The van der Waals surface area contributed by atoms with E-state index in [1.807, 2.05) is 78.3 Å². The molecule has 1 atom stereocenters. The van der Waals surface area contributed by atoms with Crippen molar-refractivity contribution in [2.24, 2.45) is 0 Å². The number of nitrogens with zero attached hydrogens (tertiary/aromatic N) is 1. The summed E-state index contributed by atoms with van der Waals surface area (Å²) in [5.74, 6) is 0. The molecule has 0 amide bonds. The van der Waals surface area contributed by atoms with E-state index in [0.29, 0.717) is 6.54 Å². The number of sulfonamides is 1. The first kappa shape index (κ1) is 18.8. The molecule has 26 heavy (non-hydrogen) atoms. The largest absolute Gasteiger partial charge is 0.301 e. The lowest BCUT2D eigenvalue weighted by Crippen LogP contribution is -2.34. The van der Waals surface area contributed by atoms with Gasteiger partial charge in [0.1, 0.15) is 0 Å². The van der Waals surface area contributed by atoms with Crippen LogP contribution in [0.15, 0.2) is 76.3 Å². The highest BCUT2D eigenvalue weighted by Gasteiger charge is 2.20. The summed E-state index contributed by atoms with van der Waals surface area (Å²) in [5, 5.41) is 4.05. The fourth-order valence-electron chi connectivity index (χ4n) is 2.79. The first-order valence-corrected chi connectivity index (χ1v) is 10.7. The van der Waals surface area contributed by atoms with Crippen molar-refractivity contribution in [2.75, 3.05) is 20.6 Å². The quantitative estimate of drug-likeness (QED) is 0.668. The van der Waals surface area contributed by atoms with Gasteiger partial charge in [-0.25, -0.2) is 13.1 Å². The van der Waals surface area contributed by atoms with E-state index >= 15 is 0 Å². The second-order valence-corrected chi connectivity index (χ2v) is 8.83. The number of likely N-dealkylation sites (N-methyl/N-ethyl adjacent to an activating group) is 1. The SMILES string of the molecule is CN(C)C(CNS(=O)(=O)c1ccc(-c2ccccc2)cc1)c1ccsc1. The van der Waals surface area contributed by atoms with Crippen LogP contribution in [0.25, 0.3) is 11.1 Å². The zero-order valence-corrected chi connectivity index (χ0v) is 16.4. The Morgan fingerprint density at radius 3 is 2.19 bits per heavy atom. The molecule has 0 spiro atoms. The topological polar surface area (TPSA) is 49.4 Å². The van der Waals surface area contributed by atoms with Gasteiger partial charge in [-0.1, -0.05) is 42.5 Å². The van der Waals surface area contributed by atoms with E-state index in [2.05, 4.69) is 4.72 Å². The third kappa shape index (κ3) is 4.40. The molecule has 0 bridgehead atoms. The van der Waals surface area contributed by atoms with Crippen LogP contribution in [0.3, 0.4) is 0 Å². The Labute approximate surface area is 159 Å². The molecule has 2 aromatic carbocycles. The molecule has 3 rings (SSSR count). The van der Waals surface area contributed by atoms with Gasteiger partial charge in [-0.3, -0.25) is 0 Å². The maximum Gasteiger partial charge on any atom is 0.240 e. The molecule has 0 radical (unpaired) electrons. The average molecular weight is 387 g/mol. The predicted molar refractivity (Wildman–Crippen MR) is 108 cm³/mol. The van der Waals surface area contributed by atoms with Crippen LogP contribution in [0.2, 0.25) is 0 Å². The molecule has 0 saturated carbocycles. The van der Waals surface area contributed by atoms with Crippen LogP contribution in [0.5, 0.6) is 0 Å². The zero-order chi connectivity index (χ0) is 18.6. The molecule has 0 aliphatic heterocycles. The fraction of sp³-hybridized carbons (Fsp3) is 0.200. The van der Waals surface area contributed by atoms with E-state index in [-0.39, 0.29) is 10.9 Å². The highest BCUT2D eigenvalue weighted by molar-refractivity contribution is 7.89. The molecule has 1 N–H and O–H groups in total. The summed E-state index contributed by atoms with van der Waals surface area (Å²) in [7, 11) is 0.347. The van der Waals surface area contributed by atoms with Crippen molar-refractivity contribution in [3.63, 3.8) is 0 Å². The Bertz CT molecular complexity index is 920. The number of hydrogen-bond donors (Lipinski definition) is 1. The molecule has 3 aromatic rings. The molecule has 1 aromatic heterocycles. The van der Waals surface area contributed by atoms with Gasteiger partial charge < -0.3 is 4.90 Å². The first-order chi connectivity index (χ1) is 12.5. The Morgan fingerprint density at radius 1 is 0.962 bits per heavy atom. The molecule has 4 nitrogen and oxygen atoms in total. The number of rotatable bonds is 7. The molecule has 0 aliphatic rings. The zero-order valence-electron chi connectivity index (χ0n) is 14.8. The number of benzene rings is 2. The van der Waals surface area contributed by atoms with Crippen LogP contribution in [0.1, 0.15) is 11.6 Å². The van der Waals surface area contributed by atoms with Crippen molar-refractivity contribution < 1.29 is 8.42 Å². The van der Waals surface area contributed by atoms with E-state index in [4.69, 9.17) is 0 Å². The minimum absolute atomic E-state index is 0.000355. The van der Waals surface area contributed by atoms with Gasteiger partial charge in [-0.15, -0.1) is 0 Å². The van der Waals surface area contributed by atoms with E-state index in [1.165, 1.54) is 0 Å². The molecule has 1 heterocycles. The lowest BCUT2D eigenvalue weighted by atomic mass is 10.1. The molecule has 0 aliphatic carbocycles. The highest BCUT2D eigenvalue weighted by atomic mass is 32.2. The van der Waals surface area contributed by atoms with Gasteiger partial charge in [0.05, 0.1) is 4.90 Å². The minimum atomic E-state index is -3.55. The van der Waals surface area contributed by atoms with Crippen molar-refractivity contribution in [1.82, 2.24) is 9.62 Å². The normalized spacial score (nSPS) is 13.0. The summed E-state index contributed by atoms with van der Waals surface area (Å²) in [4.78, 5) is 2.29. The van der Waals surface area contributed by atoms with Gasteiger partial charge in [0, 0.05) is 12.6 Å². The van der Waals surface area contributed by atoms with Crippen LogP contribution in [0, 0.1) is 0 Å². The van der Waals surface area contributed by atoms with E-state index < -0.39 is 10.0 Å². The molecule has 1 unspecified atom stereocenters. The number of hydrogen-bond acceptors (Lipinski definition) is 4. The Kier molecular flexibility index (Phi) is 5.88. The maximum absolute atomic E-state index is 12.6. The van der Waals surface area contributed by atoms with Gasteiger partial charge in [0.2, 0.25) is 10.0 Å². The lowest BCUT2D eigenvalue weighted by molar-refractivity contribution is 0.300. The summed E-state index contributed by atoms with van der Waals surface area (Å²) >= 11 is 1.61. The van der Waals surface area contributed by atoms with Crippen molar-refractivity contribution in [1.29, 1.82) is 0 Å². The summed E-state index contributed by atoms with van der Waals surface area (Å²) in [6.07, 6.45) is 0. The van der Waals surface area contributed by atoms with Crippen LogP contribution < -0.4 is 4.72 Å². The second kappa shape index (κ2) is 8.14.